The number of hydrazine groups is 1. The molecule has 0 aliphatic carbocycles. The molecule has 1 unspecified atom stereocenters. The Morgan fingerprint density at radius 2 is 2.25 bits per heavy atom. The van der Waals surface area contributed by atoms with Crippen LogP contribution >= 0.6 is 23.1 Å². The highest BCUT2D eigenvalue weighted by Crippen LogP contribution is 2.37. The smallest absolute Gasteiger partial charge is 0.306 e. The Labute approximate surface area is 125 Å². The third-order valence-electron chi connectivity index (χ3n) is 2.68. The number of hydrogen-bond donors (Lipinski definition) is 2. The van der Waals surface area contributed by atoms with Crippen molar-refractivity contribution < 1.29 is 13.3 Å². The van der Waals surface area contributed by atoms with Crippen LogP contribution in [0.2, 0.25) is 0 Å². The zero-order chi connectivity index (χ0) is 15.5. The van der Waals surface area contributed by atoms with Crippen LogP contribution in [-0.2, 0) is 10.0 Å². The predicted molar refractivity (Wildman–Crippen MR) is 81.6 cm³/mol. The predicted octanol–water partition coefficient (Wildman–Crippen LogP) is 1.31. The van der Waals surface area contributed by atoms with Gasteiger partial charge in [0.15, 0.2) is 5.00 Å². The maximum absolute atomic E-state index is 12.4. The summed E-state index contributed by atoms with van der Waals surface area (Å²) in [5.74, 6) is 5.80. The van der Waals surface area contributed by atoms with Crippen molar-refractivity contribution in [1.82, 2.24) is 4.31 Å². The fourth-order valence-corrected chi connectivity index (χ4v) is 5.04. The van der Waals surface area contributed by atoms with E-state index >= 15 is 0 Å². The van der Waals surface area contributed by atoms with Gasteiger partial charge in [0.1, 0.15) is 4.21 Å². The van der Waals surface area contributed by atoms with E-state index in [9.17, 15) is 18.5 Å². The van der Waals surface area contributed by atoms with Crippen molar-refractivity contribution in [2.45, 2.75) is 17.2 Å². The van der Waals surface area contributed by atoms with Crippen LogP contribution in [0, 0.1) is 10.1 Å². The van der Waals surface area contributed by atoms with Gasteiger partial charge < -0.3 is 5.43 Å². The Bertz CT molecular complexity index is 586. The average Bonchev–Trinajstić information content (AvgIpc) is 2.82. The van der Waals surface area contributed by atoms with Crippen LogP contribution in [0.1, 0.15) is 6.92 Å². The van der Waals surface area contributed by atoms with E-state index in [1.807, 2.05) is 6.26 Å². The highest BCUT2D eigenvalue weighted by Gasteiger charge is 2.31. The molecule has 20 heavy (non-hydrogen) atoms. The van der Waals surface area contributed by atoms with Crippen molar-refractivity contribution >= 4 is 43.8 Å². The molecular formula is C9H16N4O4S3. The molecule has 1 rings (SSSR count). The molecule has 0 aliphatic rings. The summed E-state index contributed by atoms with van der Waals surface area (Å²) in [6, 6.07) is 0.808. The van der Waals surface area contributed by atoms with Crippen molar-refractivity contribution in [1.29, 1.82) is 0 Å². The SMILES string of the molecule is CSCC(C)N(C)S(=O)(=O)c1cc([N+](=O)[O-])c(NN)s1. The Morgan fingerprint density at radius 1 is 1.65 bits per heavy atom. The summed E-state index contributed by atoms with van der Waals surface area (Å²) in [5.41, 5.74) is 1.81. The Kier molecular flexibility index (Phi) is 5.77. The molecule has 0 amide bonds. The summed E-state index contributed by atoms with van der Waals surface area (Å²) in [5, 5.41) is 10.8. The van der Waals surface area contributed by atoms with Gasteiger partial charge in [-0.2, -0.15) is 16.1 Å². The molecule has 0 saturated heterocycles. The molecule has 1 aromatic heterocycles. The number of hydrogen-bond acceptors (Lipinski definition) is 8. The molecule has 0 bridgehead atoms. The maximum Gasteiger partial charge on any atom is 0.306 e. The molecule has 1 heterocycles. The van der Waals surface area contributed by atoms with Crippen LogP contribution in [0.25, 0.3) is 0 Å². The van der Waals surface area contributed by atoms with Crippen molar-refractivity contribution in [2.75, 3.05) is 24.5 Å². The normalized spacial score (nSPS) is 13.4. The van der Waals surface area contributed by atoms with Gasteiger partial charge in [-0.25, -0.2) is 14.3 Å². The number of anilines is 1. The lowest BCUT2D eigenvalue weighted by Gasteiger charge is -2.22. The van der Waals surface area contributed by atoms with Crippen LogP contribution in [0.5, 0.6) is 0 Å². The first-order valence-corrected chi connectivity index (χ1v) is 9.12. The van der Waals surface area contributed by atoms with E-state index in [0.29, 0.717) is 5.75 Å². The molecule has 0 fully saturated rings. The van der Waals surface area contributed by atoms with Crippen LogP contribution < -0.4 is 11.3 Å². The van der Waals surface area contributed by atoms with Crippen LogP contribution in [0.15, 0.2) is 10.3 Å². The van der Waals surface area contributed by atoms with E-state index in [0.717, 1.165) is 17.4 Å². The Hall–Kier alpha value is -0.880. The van der Waals surface area contributed by atoms with Gasteiger partial charge in [-0.15, -0.1) is 0 Å². The summed E-state index contributed by atoms with van der Waals surface area (Å²) in [6.45, 7) is 1.78. The van der Waals surface area contributed by atoms with E-state index in [-0.39, 0.29) is 20.9 Å². The summed E-state index contributed by atoms with van der Waals surface area (Å²) >= 11 is 2.27. The summed E-state index contributed by atoms with van der Waals surface area (Å²) in [7, 11) is -2.31. The molecule has 0 radical (unpaired) electrons. The first-order valence-electron chi connectivity index (χ1n) is 5.47. The topological polar surface area (TPSA) is 119 Å². The van der Waals surface area contributed by atoms with Gasteiger partial charge in [0.25, 0.3) is 10.0 Å². The van der Waals surface area contributed by atoms with Crippen molar-refractivity contribution in [2.24, 2.45) is 5.84 Å². The summed E-state index contributed by atoms with van der Waals surface area (Å²) < 4.78 is 25.9. The monoisotopic (exact) mass is 340 g/mol. The number of thioether (sulfide) groups is 1. The largest absolute Gasteiger partial charge is 0.310 e. The van der Waals surface area contributed by atoms with Gasteiger partial charge in [-0.1, -0.05) is 11.3 Å². The van der Waals surface area contributed by atoms with Crippen molar-refractivity contribution in [3.63, 3.8) is 0 Å². The first kappa shape index (κ1) is 17.2. The van der Waals surface area contributed by atoms with E-state index in [1.54, 1.807) is 6.92 Å². The van der Waals surface area contributed by atoms with Crippen molar-refractivity contribution in [3.05, 3.63) is 16.2 Å². The second-order valence-electron chi connectivity index (χ2n) is 4.01. The molecule has 8 nitrogen and oxygen atoms in total. The van der Waals surface area contributed by atoms with Crippen LogP contribution in [0.3, 0.4) is 0 Å². The van der Waals surface area contributed by atoms with E-state index in [1.165, 1.54) is 23.1 Å². The van der Waals surface area contributed by atoms with Crippen LogP contribution in [0.4, 0.5) is 10.7 Å². The Morgan fingerprint density at radius 3 is 2.65 bits per heavy atom. The molecule has 0 saturated carbocycles. The van der Waals surface area contributed by atoms with Gasteiger partial charge in [-0.05, 0) is 13.2 Å². The molecule has 0 aromatic carbocycles. The molecule has 11 heteroatoms. The van der Waals surface area contributed by atoms with Crippen LogP contribution in [-0.4, -0.2) is 42.7 Å². The van der Waals surface area contributed by atoms with E-state index in [4.69, 9.17) is 5.84 Å². The fourth-order valence-electron chi connectivity index (χ4n) is 1.45. The third-order valence-corrected chi connectivity index (χ3v) is 6.97. The molecular weight excluding hydrogens is 324 g/mol. The summed E-state index contributed by atoms with van der Waals surface area (Å²) in [6.07, 6.45) is 1.88. The van der Waals surface area contributed by atoms with E-state index in [2.05, 4.69) is 5.43 Å². The molecule has 1 aromatic rings. The minimum Gasteiger partial charge on any atom is -0.310 e. The number of nitro groups is 1. The highest BCUT2D eigenvalue weighted by atomic mass is 32.2. The minimum absolute atomic E-state index is 0.0134. The molecule has 3 N–H and O–H groups in total. The number of sulfonamides is 1. The number of nitrogens with one attached hydrogen (secondary N) is 1. The number of nitrogen functional groups attached to an aromatic ring is 1. The molecule has 0 spiro atoms. The average molecular weight is 340 g/mol. The molecule has 114 valence electrons. The van der Waals surface area contributed by atoms with Gasteiger partial charge >= 0.3 is 5.69 Å². The number of thiophene rings is 1. The molecule has 0 aliphatic heterocycles. The highest BCUT2D eigenvalue weighted by molar-refractivity contribution is 7.98. The lowest BCUT2D eigenvalue weighted by molar-refractivity contribution is -0.383. The van der Waals surface area contributed by atoms with Crippen molar-refractivity contribution in [3.8, 4) is 0 Å². The zero-order valence-electron chi connectivity index (χ0n) is 11.2. The second-order valence-corrected chi connectivity index (χ2v) is 8.19. The van der Waals surface area contributed by atoms with Gasteiger partial charge in [0.2, 0.25) is 0 Å². The fraction of sp³-hybridized carbons (Fsp3) is 0.556. The molecule has 1 atom stereocenters. The quantitative estimate of drug-likeness (QED) is 0.436. The zero-order valence-corrected chi connectivity index (χ0v) is 13.6. The minimum atomic E-state index is -3.77. The number of nitrogens with zero attached hydrogens (tertiary/aromatic N) is 2. The second kappa shape index (κ2) is 6.72. The van der Waals surface area contributed by atoms with Gasteiger partial charge in [0, 0.05) is 24.9 Å². The lowest BCUT2D eigenvalue weighted by atomic mass is 10.4. The van der Waals surface area contributed by atoms with E-state index < -0.39 is 14.9 Å². The Balaban J connectivity index is 3.19. The lowest BCUT2D eigenvalue weighted by Crippen LogP contribution is -2.36. The third kappa shape index (κ3) is 3.41. The standard InChI is InChI=1S/C9H16N4O4S3/c1-6(5-18-3)12(2)20(16,17)8-4-7(13(14)15)9(11-10)19-8/h4,6,11H,5,10H2,1-3H3. The summed E-state index contributed by atoms with van der Waals surface area (Å²) in [4.78, 5) is 10.2. The number of rotatable bonds is 7. The van der Waals surface area contributed by atoms with Gasteiger partial charge in [0.05, 0.1) is 4.92 Å². The van der Waals surface area contributed by atoms with Gasteiger partial charge in [-0.3, -0.25) is 10.1 Å². The number of nitrogens with two attached hydrogens (primary N) is 1. The maximum atomic E-state index is 12.4. The first-order chi connectivity index (χ1) is 9.25.